The predicted molar refractivity (Wildman–Crippen MR) is 132 cm³/mol. The lowest BCUT2D eigenvalue weighted by Crippen LogP contribution is -2.66. The van der Waals surface area contributed by atoms with E-state index in [-0.39, 0.29) is 5.92 Å². The van der Waals surface area contributed by atoms with Gasteiger partial charge in [-0.25, -0.2) is 5.90 Å². The Labute approximate surface area is 228 Å². The zero-order valence-electron chi connectivity index (χ0n) is 22.7. The zero-order valence-corrected chi connectivity index (χ0v) is 22.7. The van der Waals surface area contributed by atoms with E-state index in [9.17, 15) is 20.4 Å². The molecule has 226 valence electrons. The van der Waals surface area contributed by atoms with Gasteiger partial charge in [0.05, 0.1) is 38.1 Å². The van der Waals surface area contributed by atoms with Crippen molar-refractivity contribution in [1.82, 2.24) is 0 Å². The molecule has 6 unspecified atom stereocenters. The van der Waals surface area contributed by atoms with E-state index in [4.69, 9.17) is 43.9 Å². The first-order valence-electron chi connectivity index (χ1n) is 14.3. The van der Waals surface area contributed by atoms with E-state index in [1.165, 1.54) is 0 Å². The van der Waals surface area contributed by atoms with Crippen molar-refractivity contribution in [3.63, 3.8) is 0 Å². The van der Waals surface area contributed by atoms with Gasteiger partial charge in [0.25, 0.3) is 0 Å². The van der Waals surface area contributed by atoms with Crippen LogP contribution in [0.3, 0.4) is 0 Å². The van der Waals surface area contributed by atoms with Crippen LogP contribution in [-0.4, -0.2) is 126 Å². The van der Waals surface area contributed by atoms with Gasteiger partial charge in [0, 0.05) is 6.61 Å². The summed E-state index contributed by atoms with van der Waals surface area (Å²) in [6.45, 7) is 4.64. The number of aliphatic hydroxyl groups excluding tert-OH is 4. The first kappa shape index (κ1) is 30.0. The summed E-state index contributed by atoms with van der Waals surface area (Å²) in [7, 11) is 0. The minimum Gasteiger partial charge on any atom is -0.394 e. The predicted octanol–water partition coefficient (Wildman–Crippen LogP) is -0.896. The quantitative estimate of drug-likeness (QED) is 0.251. The van der Waals surface area contributed by atoms with E-state index in [0.717, 1.165) is 32.1 Å². The van der Waals surface area contributed by atoms with Crippen molar-refractivity contribution in [2.75, 3.05) is 26.4 Å². The molecule has 1 aliphatic carbocycles. The van der Waals surface area contributed by atoms with Crippen molar-refractivity contribution >= 4 is 0 Å². The average molecular weight is 564 g/mol. The molecule has 13 nitrogen and oxygen atoms in total. The largest absolute Gasteiger partial charge is 0.394 e. The minimum absolute atomic E-state index is 0.0437. The molecular weight excluding hydrogens is 518 g/mol. The lowest BCUT2D eigenvalue weighted by atomic mass is 9.85. The molecule has 39 heavy (non-hydrogen) atoms. The van der Waals surface area contributed by atoms with Gasteiger partial charge >= 0.3 is 0 Å². The van der Waals surface area contributed by atoms with Crippen LogP contribution in [0.25, 0.3) is 0 Å². The van der Waals surface area contributed by atoms with Crippen molar-refractivity contribution < 1.29 is 58.4 Å². The second-order valence-corrected chi connectivity index (χ2v) is 11.7. The second-order valence-electron chi connectivity index (χ2n) is 11.7. The van der Waals surface area contributed by atoms with Crippen LogP contribution in [0.5, 0.6) is 0 Å². The number of fused-ring (bicyclic) bond motifs is 1. The molecule has 0 aromatic rings. The fraction of sp³-hybridized carbons (Fsp3) is 1.00. The molecule has 13 atom stereocenters. The summed E-state index contributed by atoms with van der Waals surface area (Å²) in [5.74, 6) is 5.32. The maximum Gasteiger partial charge on any atom is 0.187 e. The van der Waals surface area contributed by atoms with Gasteiger partial charge in [-0.05, 0) is 44.9 Å². The number of rotatable bonds is 6. The molecule has 0 bridgehead atoms. The minimum atomic E-state index is -1.37. The molecule has 4 heterocycles. The van der Waals surface area contributed by atoms with E-state index in [2.05, 4.69) is 0 Å². The van der Waals surface area contributed by atoms with Crippen LogP contribution in [0.15, 0.2) is 0 Å². The first-order valence-corrected chi connectivity index (χ1v) is 14.3. The SMILES string of the molecule is CC1O[C@@H](OC2[C@H](C)CCC[C@H]2O[C@@H]2OC(CO)[C@H](O)C3OC4(CCCCOC32)COC4)[C@@H](O)C(O)[C@@H]1ON. The molecule has 1 saturated carbocycles. The Morgan fingerprint density at radius 1 is 0.872 bits per heavy atom. The molecule has 4 saturated heterocycles. The first-order chi connectivity index (χ1) is 18.8. The molecule has 0 amide bonds. The van der Waals surface area contributed by atoms with Crippen molar-refractivity contribution in [3.05, 3.63) is 0 Å². The number of nitrogens with two attached hydrogens (primary N) is 1. The van der Waals surface area contributed by atoms with Gasteiger partial charge < -0.3 is 53.6 Å². The van der Waals surface area contributed by atoms with Gasteiger partial charge in [0.2, 0.25) is 0 Å². The Morgan fingerprint density at radius 3 is 2.36 bits per heavy atom. The van der Waals surface area contributed by atoms with E-state index < -0.39 is 85.8 Å². The molecule has 0 aromatic carbocycles. The van der Waals surface area contributed by atoms with E-state index in [0.29, 0.717) is 26.2 Å². The van der Waals surface area contributed by atoms with E-state index in [1.54, 1.807) is 6.92 Å². The third kappa shape index (κ3) is 6.17. The molecule has 5 rings (SSSR count). The monoisotopic (exact) mass is 563 g/mol. The Bertz CT molecular complexity index is 788. The highest BCUT2D eigenvalue weighted by molar-refractivity contribution is 4.98. The summed E-state index contributed by atoms with van der Waals surface area (Å²) in [5.41, 5.74) is -0.498. The number of hydrogen-bond donors (Lipinski definition) is 5. The van der Waals surface area contributed by atoms with Crippen LogP contribution in [0.1, 0.15) is 52.4 Å². The van der Waals surface area contributed by atoms with Crippen LogP contribution in [0, 0.1) is 5.92 Å². The highest BCUT2D eigenvalue weighted by Crippen LogP contribution is 2.39. The highest BCUT2D eigenvalue weighted by Gasteiger charge is 2.54. The van der Waals surface area contributed by atoms with Crippen LogP contribution in [0.4, 0.5) is 0 Å². The number of ether oxygens (including phenoxy) is 7. The fourth-order valence-corrected chi connectivity index (χ4v) is 6.46. The zero-order chi connectivity index (χ0) is 27.7. The normalized spacial score (nSPS) is 48.8. The van der Waals surface area contributed by atoms with Gasteiger partial charge in [-0.2, -0.15) is 0 Å². The summed E-state index contributed by atoms with van der Waals surface area (Å²) in [6, 6.07) is 0. The lowest BCUT2D eigenvalue weighted by molar-refractivity contribution is -0.364. The molecular formula is C26H45NO12. The topological polar surface area (TPSA) is 181 Å². The lowest BCUT2D eigenvalue weighted by Gasteiger charge is -2.50. The summed E-state index contributed by atoms with van der Waals surface area (Å²) >= 11 is 0. The van der Waals surface area contributed by atoms with Crippen molar-refractivity contribution in [2.45, 2.75) is 132 Å². The third-order valence-electron chi connectivity index (χ3n) is 8.86. The van der Waals surface area contributed by atoms with Gasteiger partial charge in [-0.3, -0.25) is 4.84 Å². The summed E-state index contributed by atoms with van der Waals surface area (Å²) in [6.07, 6.45) is -5.85. The Morgan fingerprint density at radius 2 is 1.67 bits per heavy atom. The Balaban J connectivity index is 1.34. The molecule has 0 radical (unpaired) electrons. The molecule has 1 spiro atoms. The summed E-state index contributed by atoms with van der Waals surface area (Å²) in [4.78, 5) is 4.80. The fourth-order valence-electron chi connectivity index (χ4n) is 6.46. The molecule has 4 aliphatic heterocycles. The van der Waals surface area contributed by atoms with Gasteiger partial charge in [-0.1, -0.05) is 13.3 Å². The van der Waals surface area contributed by atoms with Gasteiger partial charge in [-0.15, -0.1) is 0 Å². The van der Waals surface area contributed by atoms with Gasteiger partial charge in [0.1, 0.15) is 48.3 Å². The van der Waals surface area contributed by atoms with E-state index >= 15 is 0 Å². The Kier molecular flexibility index (Phi) is 9.81. The maximum atomic E-state index is 11.1. The highest BCUT2D eigenvalue weighted by atomic mass is 16.8. The van der Waals surface area contributed by atoms with Crippen LogP contribution >= 0.6 is 0 Å². The smallest absolute Gasteiger partial charge is 0.187 e. The average Bonchev–Trinajstić information content (AvgIpc) is 3.00. The number of hydrogen-bond acceptors (Lipinski definition) is 13. The van der Waals surface area contributed by atoms with Crippen molar-refractivity contribution in [3.8, 4) is 0 Å². The van der Waals surface area contributed by atoms with Crippen LogP contribution in [-0.2, 0) is 38.0 Å². The van der Waals surface area contributed by atoms with Crippen molar-refractivity contribution in [2.24, 2.45) is 11.8 Å². The number of aliphatic hydroxyl groups is 4. The van der Waals surface area contributed by atoms with Gasteiger partial charge in [0.15, 0.2) is 12.6 Å². The molecule has 6 N–H and O–H groups in total. The van der Waals surface area contributed by atoms with Crippen LogP contribution < -0.4 is 5.90 Å². The van der Waals surface area contributed by atoms with Crippen molar-refractivity contribution in [1.29, 1.82) is 0 Å². The second kappa shape index (κ2) is 12.8. The maximum absolute atomic E-state index is 11.1. The molecule has 13 heteroatoms. The standard InChI is InChI=1S/C26H45NO12/c1-13-6-5-7-15(20(13)37-24-19(31)18(30)21(39-27)14(2)34-24)35-25-23-22(17(29)16(10-28)36-25)38-26(11-32-12-26)8-3-4-9-33-23/h13-25,28-31H,3-12,27H2,1-2H3/t13-,14?,15-,16?,17+,18?,19+,20?,21-,22?,23?,24+,25-/m1/s1. The molecule has 5 aliphatic rings. The summed E-state index contributed by atoms with van der Waals surface area (Å²) < 4.78 is 42.9. The van der Waals surface area contributed by atoms with Crippen LogP contribution in [0.2, 0.25) is 0 Å². The molecule has 5 fully saturated rings. The third-order valence-corrected chi connectivity index (χ3v) is 8.86. The summed E-state index contributed by atoms with van der Waals surface area (Å²) in [5, 5.41) is 42.3. The van der Waals surface area contributed by atoms with E-state index in [1.807, 2.05) is 6.92 Å². The Hall–Kier alpha value is -0.520. The molecule has 0 aromatic heterocycles.